The van der Waals surface area contributed by atoms with Gasteiger partial charge in [-0.1, -0.05) is 286 Å². The molecule has 0 aliphatic carbocycles. The van der Waals surface area contributed by atoms with Crippen LogP contribution in [0.25, 0.3) is 0 Å². The van der Waals surface area contributed by atoms with Crippen LogP contribution in [-0.2, 0) is 28.6 Å². The van der Waals surface area contributed by atoms with Gasteiger partial charge in [-0.25, -0.2) is 0 Å². The fourth-order valence-corrected chi connectivity index (χ4v) is 9.09. The number of ether oxygens (including phenoxy) is 3. The summed E-state index contributed by atoms with van der Waals surface area (Å²) in [5.74, 6) is -0.931. The summed E-state index contributed by atoms with van der Waals surface area (Å²) in [5.41, 5.74) is 0. The van der Waals surface area contributed by atoms with Crippen molar-refractivity contribution in [2.75, 3.05) is 13.2 Å². The zero-order valence-corrected chi connectivity index (χ0v) is 49.6. The molecule has 0 aromatic rings. The summed E-state index contributed by atoms with van der Waals surface area (Å²) >= 11 is 0. The van der Waals surface area contributed by atoms with Gasteiger partial charge in [0.25, 0.3) is 0 Å². The first-order chi connectivity index (χ1) is 37.0. The normalized spacial score (nSPS) is 12.6. The molecule has 0 saturated carbocycles. The van der Waals surface area contributed by atoms with E-state index in [0.29, 0.717) is 19.3 Å². The average Bonchev–Trinajstić information content (AvgIpc) is 3.41. The van der Waals surface area contributed by atoms with Gasteiger partial charge < -0.3 is 14.2 Å². The van der Waals surface area contributed by atoms with Crippen molar-refractivity contribution in [3.8, 4) is 0 Å². The van der Waals surface area contributed by atoms with Gasteiger partial charge in [-0.05, 0) is 96.3 Å². The zero-order valence-electron chi connectivity index (χ0n) is 49.6. The molecule has 0 saturated heterocycles. The molecule has 0 spiro atoms. The molecule has 0 aromatic heterocycles. The van der Waals surface area contributed by atoms with Gasteiger partial charge in [-0.3, -0.25) is 14.4 Å². The van der Waals surface area contributed by atoms with E-state index in [1.807, 2.05) is 0 Å². The van der Waals surface area contributed by atoms with E-state index >= 15 is 0 Å². The molecule has 0 bridgehead atoms. The highest BCUT2D eigenvalue weighted by Gasteiger charge is 2.19. The third-order valence-electron chi connectivity index (χ3n) is 13.9. The van der Waals surface area contributed by atoms with Crippen molar-refractivity contribution in [3.63, 3.8) is 0 Å². The molecule has 0 fully saturated rings. The minimum Gasteiger partial charge on any atom is -0.462 e. The Bertz CT molecular complexity index is 1430. The molecule has 0 amide bonds. The van der Waals surface area contributed by atoms with E-state index in [0.717, 1.165) is 103 Å². The highest BCUT2D eigenvalue weighted by Crippen LogP contribution is 2.17. The predicted molar refractivity (Wildman–Crippen MR) is 325 cm³/mol. The highest BCUT2D eigenvalue weighted by atomic mass is 16.6. The number of hydrogen-bond donors (Lipinski definition) is 0. The van der Waals surface area contributed by atoms with Crippen LogP contribution >= 0.6 is 0 Å². The molecule has 0 heterocycles. The number of rotatable bonds is 58. The Kier molecular flexibility index (Phi) is 60.3. The Hall–Kier alpha value is -3.41. The predicted octanol–water partition coefficient (Wildman–Crippen LogP) is 21.9. The summed E-state index contributed by atoms with van der Waals surface area (Å²) in [5, 5.41) is 0. The topological polar surface area (TPSA) is 78.9 Å². The molecule has 0 aliphatic heterocycles. The molecule has 1 unspecified atom stereocenters. The van der Waals surface area contributed by atoms with Gasteiger partial charge >= 0.3 is 17.9 Å². The van der Waals surface area contributed by atoms with Gasteiger partial charge in [0.2, 0.25) is 0 Å². The van der Waals surface area contributed by atoms with E-state index in [4.69, 9.17) is 14.2 Å². The van der Waals surface area contributed by atoms with E-state index in [1.165, 1.54) is 173 Å². The molecule has 1 atom stereocenters. The lowest BCUT2D eigenvalue weighted by Crippen LogP contribution is -2.30. The second-order valence-electron chi connectivity index (χ2n) is 21.3. The minimum absolute atomic E-state index is 0.0923. The lowest BCUT2D eigenvalue weighted by Gasteiger charge is -2.18. The maximum Gasteiger partial charge on any atom is 0.306 e. The molecular formula is C69H120O6. The molecule has 0 rings (SSSR count). The van der Waals surface area contributed by atoms with Crippen LogP contribution in [0, 0.1) is 0 Å². The van der Waals surface area contributed by atoms with Crippen LogP contribution in [0.3, 0.4) is 0 Å². The van der Waals surface area contributed by atoms with Crippen LogP contribution in [0.4, 0.5) is 0 Å². The highest BCUT2D eigenvalue weighted by molar-refractivity contribution is 5.71. The van der Waals surface area contributed by atoms with Crippen molar-refractivity contribution in [2.24, 2.45) is 0 Å². The Morgan fingerprint density at radius 2 is 0.520 bits per heavy atom. The van der Waals surface area contributed by atoms with Crippen molar-refractivity contribution in [2.45, 2.75) is 322 Å². The maximum absolute atomic E-state index is 12.9. The Balaban J connectivity index is 4.42. The molecule has 0 radical (unpaired) electrons. The lowest BCUT2D eigenvalue weighted by atomic mass is 10.0. The van der Waals surface area contributed by atoms with Crippen molar-refractivity contribution in [1.82, 2.24) is 0 Å². The smallest absolute Gasteiger partial charge is 0.306 e. The van der Waals surface area contributed by atoms with Gasteiger partial charge in [0.05, 0.1) is 0 Å². The minimum atomic E-state index is -0.798. The van der Waals surface area contributed by atoms with E-state index in [-0.39, 0.29) is 31.1 Å². The Labute approximate surface area is 465 Å². The van der Waals surface area contributed by atoms with Crippen LogP contribution < -0.4 is 0 Å². The van der Waals surface area contributed by atoms with Crippen LogP contribution in [0.5, 0.6) is 0 Å². The second kappa shape index (κ2) is 63.1. The van der Waals surface area contributed by atoms with Crippen molar-refractivity contribution in [3.05, 3.63) is 85.1 Å². The lowest BCUT2D eigenvalue weighted by molar-refractivity contribution is -0.167. The number of carbonyl (C=O) groups excluding carboxylic acids is 3. The number of esters is 3. The van der Waals surface area contributed by atoms with Crippen molar-refractivity contribution in [1.29, 1.82) is 0 Å². The van der Waals surface area contributed by atoms with E-state index in [9.17, 15) is 14.4 Å². The van der Waals surface area contributed by atoms with Gasteiger partial charge in [0.15, 0.2) is 6.10 Å². The fraction of sp³-hybridized carbons (Fsp3) is 0.754. The number of unbranched alkanes of at least 4 members (excludes halogenated alkanes) is 33. The van der Waals surface area contributed by atoms with Crippen molar-refractivity contribution >= 4 is 17.9 Å². The van der Waals surface area contributed by atoms with Crippen LogP contribution in [0.15, 0.2) is 85.1 Å². The number of carbonyl (C=O) groups is 3. The summed E-state index contributed by atoms with van der Waals surface area (Å²) < 4.78 is 16.9. The first-order valence-electron chi connectivity index (χ1n) is 32.1. The number of hydrogen-bond acceptors (Lipinski definition) is 6. The Morgan fingerprint density at radius 1 is 0.280 bits per heavy atom. The molecule has 6 nitrogen and oxygen atoms in total. The molecule has 0 aromatic carbocycles. The molecule has 0 N–H and O–H groups in total. The zero-order chi connectivity index (χ0) is 54.3. The van der Waals surface area contributed by atoms with E-state index < -0.39 is 6.10 Å². The fourth-order valence-electron chi connectivity index (χ4n) is 9.09. The van der Waals surface area contributed by atoms with Gasteiger partial charge in [-0.15, -0.1) is 0 Å². The third kappa shape index (κ3) is 61.3. The van der Waals surface area contributed by atoms with Crippen molar-refractivity contribution < 1.29 is 28.6 Å². The van der Waals surface area contributed by atoms with Gasteiger partial charge in [0, 0.05) is 19.3 Å². The second-order valence-corrected chi connectivity index (χ2v) is 21.3. The summed E-state index contributed by atoms with van der Waals surface area (Å²) in [7, 11) is 0. The maximum atomic E-state index is 12.9. The SMILES string of the molecule is CC/C=C\C/C=C\C/C=C\C/C=C\C/C=C\C/C=C\CCCCC(=O)OCC(COC(=O)CCCCCCC/C=C\CCCCCCCC)OC(=O)CCCCCCCCCCCCCCCCCCCCCCC. The monoisotopic (exact) mass is 1040 g/mol. The first-order valence-corrected chi connectivity index (χ1v) is 32.1. The Morgan fingerprint density at radius 3 is 0.853 bits per heavy atom. The quantitative estimate of drug-likeness (QED) is 0.0261. The molecule has 75 heavy (non-hydrogen) atoms. The largest absolute Gasteiger partial charge is 0.462 e. The molecule has 432 valence electrons. The summed E-state index contributed by atoms with van der Waals surface area (Å²) in [6, 6.07) is 0. The molecule has 6 heteroatoms. The summed E-state index contributed by atoms with van der Waals surface area (Å²) in [6.07, 6.45) is 83.0. The average molecular weight is 1050 g/mol. The summed E-state index contributed by atoms with van der Waals surface area (Å²) in [4.78, 5) is 38.3. The van der Waals surface area contributed by atoms with Crippen LogP contribution in [-0.4, -0.2) is 37.2 Å². The van der Waals surface area contributed by atoms with Crippen LogP contribution in [0.1, 0.15) is 316 Å². The van der Waals surface area contributed by atoms with E-state index in [2.05, 4.69) is 106 Å². The van der Waals surface area contributed by atoms with Gasteiger partial charge in [0.1, 0.15) is 13.2 Å². The molecular weight excluding hydrogens is 925 g/mol. The third-order valence-corrected chi connectivity index (χ3v) is 13.9. The molecule has 0 aliphatic rings. The summed E-state index contributed by atoms with van der Waals surface area (Å²) in [6.45, 7) is 6.52. The van der Waals surface area contributed by atoms with E-state index in [1.54, 1.807) is 0 Å². The first kappa shape index (κ1) is 71.6. The van der Waals surface area contributed by atoms with Gasteiger partial charge in [-0.2, -0.15) is 0 Å². The standard InChI is InChI=1S/C69H120O6/c1-4-7-10-13-16-19-22-25-28-30-32-34-36-38-41-44-47-50-53-56-59-62-68(71)74-65-66(64-73-67(70)61-58-55-52-49-46-43-40-27-24-21-18-15-12-9-6-3)75-69(72)63-60-57-54-51-48-45-42-39-37-35-33-31-29-26-23-20-17-14-11-8-5-2/h7,10,16,19,25,27-28,32,34,38,40-41,47,50,66H,4-6,8-9,11-15,17-18,20-24,26,29-31,33,35-37,39,42-46,48-49,51-65H2,1-3H3/b10-7-,19-16-,28-25-,34-32-,40-27-,41-38-,50-47-. The van der Waals surface area contributed by atoms with Crippen LogP contribution in [0.2, 0.25) is 0 Å². The number of allylic oxidation sites excluding steroid dienone is 14.